The molecule has 0 radical (unpaired) electrons. The van der Waals surface area contributed by atoms with Crippen LogP contribution in [0.3, 0.4) is 0 Å². The molecule has 1 aromatic heterocycles. The first-order chi connectivity index (χ1) is 9.13. The first-order valence-corrected chi connectivity index (χ1v) is 6.44. The third-order valence-corrected chi connectivity index (χ3v) is 3.67. The molecule has 6 nitrogen and oxygen atoms in total. The lowest BCUT2D eigenvalue weighted by Crippen LogP contribution is -2.50. The molecule has 2 rings (SSSR count). The summed E-state index contributed by atoms with van der Waals surface area (Å²) in [6.45, 7) is 2.53. The fourth-order valence-corrected chi connectivity index (χ4v) is 2.47. The summed E-state index contributed by atoms with van der Waals surface area (Å²) in [7, 11) is 0. The summed E-state index contributed by atoms with van der Waals surface area (Å²) in [6, 6.07) is 0.819. The van der Waals surface area contributed by atoms with Gasteiger partial charge < -0.3 is 10.0 Å². The van der Waals surface area contributed by atoms with Gasteiger partial charge in [-0.2, -0.15) is 10.2 Å². The Hall–Kier alpha value is -1.98. The van der Waals surface area contributed by atoms with Crippen molar-refractivity contribution in [3.63, 3.8) is 0 Å². The second-order valence-electron chi connectivity index (χ2n) is 4.78. The van der Waals surface area contributed by atoms with Crippen LogP contribution in [0.5, 0.6) is 0 Å². The average molecular weight is 263 g/mol. The number of rotatable bonds is 3. The fourth-order valence-electron chi connectivity index (χ4n) is 2.47. The van der Waals surface area contributed by atoms with Gasteiger partial charge in [0.1, 0.15) is 6.04 Å². The highest BCUT2D eigenvalue weighted by Crippen LogP contribution is 2.26. The van der Waals surface area contributed by atoms with Gasteiger partial charge in [0.25, 0.3) is 5.91 Å². The smallest absolute Gasteiger partial charge is 0.326 e. The van der Waals surface area contributed by atoms with E-state index in [4.69, 9.17) is 0 Å². The Morgan fingerprint density at radius 2 is 2.26 bits per heavy atom. The second kappa shape index (κ2) is 5.77. The van der Waals surface area contributed by atoms with Gasteiger partial charge in [0.05, 0.1) is 18.0 Å². The van der Waals surface area contributed by atoms with Crippen LogP contribution in [0.2, 0.25) is 0 Å². The van der Waals surface area contributed by atoms with Crippen molar-refractivity contribution in [1.82, 2.24) is 15.1 Å². The molecule has 1 fully saturated rings. The highest BCUT2D eigenvalue weighted by Gasteiger charge is 2.35. The van der Waals surface area contributed by atoms with Crippen molar-refractivity contribution in [2.24, 2.45) is 5.92 Å². The molecule has 0 aliphatic carbocycles. The molecule has 1 saturated heterocycles. The third-order valence-electron chi connectivity index (χ3n) is 3.67. The number of hydrogen-bond acceptors (Lipinski definition) is 4. The van der Waals surface area contributed by atoms with Crippen LogP contribution in [0.25, 0.3) is 0 Å². The standard InChI is InChI=1S/C13H17N3O3/c1-2-9-4-6-16(11(7-9)13(18)19)12(17)10-3-5-14-15-8-10/h3,5,8-9,11H,2,4,6-7H2,1H3,(H,18,19). The molecule has 0 spiro atoms. The van der Waals surface area contributed by atoms with Crippen molar-refractivity contribution in [3.05, 3.63) is 24.0 Å². The number of aliphatic carboxylic acids is 1. The molecule has 102 valence electrons. The second-order valence-corrected chi connectivity index (χ2v) is 4.78. The Labute approximate surface area is 111 Å². The van der Waals surface area contributed by atoms with E-state index in [2.05, 4.69) is 10.2 Å². The maximum atomic E-state index is 12.3. The van der Waals surface area contributed by atoms with E-state index in [0.29, 0.717) is 24.4 Å². The molecule has 2 unspecified atom stereocenters. The van der Waals surface area contributed by atoms with E-state index in [1.54, 1.807) is 6.07 Å². The van der Waals surface area contributed by atoms with Crippen molar-refractivity contribution < 1.29 is 14.7 Å². The minimum atomic E-state index is -0.937. The molecule has 1 aromatic rings. The Kier molecular flexibility index (Phi) is 4.09. The predicted molar refractivity (Wildman–Crippen MR) is 67.5 cm³/mol. The zero-order chi connectivity index (χ0) is 13.8. The molecule has 2 heterocycles. The van der Waals surface area contributed by atoms with Gasteiger partial charge in [-0.25, -0.2) is 4.79 Å². The van der Waals surface area contributed by atoms with Crippen molar-refractivity contribution in [2.75, 3.05) is 6.54 Å². The molecule has 19 heavy (non-hydrogen) atoms. The normalized spacial score (nSPS) is 23.1. The molecular formula is C13H17N3O3. The lowest BCUT2D eigenvalue weighted by molar-refractivity contribution is -0.144. The van der Waals surface area contributed by atoms with Crippen LogP contribution in [0.15, 0.2) is 18.5 Å². The van der Waals surface area contributed by atoms with Crippen LogP contribution in [0.4, 0.5) is 0 Å². The maximum absolute atomic E-state index is 12.3. The van der Waals surface area contributed by atoms with Gasteiger partial charge >= 0.3 is 5.97 Å². The van der Waals surface area contributed by atoms with Gasteiger partial charge in [0.15, 0.2) is 0 Å². The highest BCUT2D eigenvalue weighted by atomic mass is 16.4. The number of piperidine rings is 1. The Bertz CT molecular complexity index is 463. The Morgan fingerprint density at radius 3 is 2.84 bits per heavy atom. The van der Waals surface area contributed by atoms with E-state index in [-0.39, 0.29) is 5.91 Å². The van der Waals surface area contributed by atoms with E-state index in [1.165, 1.54) is 17.3 Å². The van der Waals surface area contributed by atoms with Crippen molar-refractivity contribution in [2.45, 2.75) is 32.2 Å². The van der Waals surface area contributed by atoms with Crippen LogP contribution in [0.1, 0.15) is 36.5 Å². The van der Waals surface area contributed by atoms with Gasteiger partial charge in [-0.3, -0.25) is 4.79 Å². The van der Waals surface area contributed by atoms with Gasteiger partial charge in [-0.05, 0) is 24.8 Å². The van der Waals surface area contributed by atoms with Gasteiger partial charge in [0, 0.05) is 6.54 Å². The number of aromatic nitrogens is 2. The van der Waals surface area contributed by atoms with Gasteiger partial charge in [0.2, 0.25) is 0 Å². The molecule has 0 saturated carbocycles. The van der Waals surface area contributed by atoms with E-state index in [9.17, 15) is 14.7 Å². The molecule has 0 bridgehead atoms. The van der Waals surface area contributed by atoms with Crippen molar-refractivity contribution >= 4 is 11.9 Å². The number of carboxylic acids is 1. The zero-order valence-corrected chi connectivity index (χ0v) is 10.8. The fraction of sp³-hybridized carbons (Fsp3) is 0.538. The Balaban J connectivity index is 2.18. The van der Waals surface area contributed by atoms with E-state index < -0.39 is 12.0 Å². The monoisotopic (exact) mass is 263 g/mol. The van der Waals surface area contributed by atoms with Crippen LogP contribution in [0, 0.1) is 5.92 Å². The van der Waals surface area contributed by atoms with Crippen molar-refractivity contribution in [3.8, 4) is 0 Å². The van der Waals surface area contributed by atoms with Gasteiger partial charge in [-0.1, -0.05) is 13.3 Å². The highest BCUT2D eigenvalue weighted by molar-refractivity contribution is 5.96. The van der Waals surface area contributed by atoms with Crippen LogP contribution >= 0.6 is 0 Å². The Morgan fingerprint density at radius 1 is 1.47 bits per heavy atom. The topological polar surface area (TPSA) is 83.4 Å². The minimum Gasteiger partial charge on any atom is -0.480 e. The SMILES string of the molecule is CCC1CCN(C(=O)c2ccnnc2)C(C(=O)O)C1. The van der Waals surface area contributed by atoms with E-state index in [0.717, 1.165) is 12.8 Å². The average Bonchev–Trinajstić information content (AvgIpc) is 2.46. The number of likely N-dealkylation sites (tertiary alicyclic amines) is 1. The summed E-state index contributed by atoms with van der Waals surface area (Å²) in [5, 5.41) is 16.6. The minimum absolute atomic E-state index is 0.281. The van der Waals surface area contributed by atoms with E-state index in [1.807, 2.05) is 6.92 Å². The summed E-state index contributed by atoms with van der Waals surface area (Å²) in [6.07, 6.45) is 5.12. The molecule has 1 aliphatic heterocycles. The summed E-state index contributed by atoms with van der Waals surface area (Å²) < 4.78 is 0. The zero-order valence-electron chi connectivity index (χ0n) is 10.8. The number of nitrogens with zero attached hydrogens (tertiary/aromatic N) is 3. The molecule has 1 N–H and O–H groups in total. The number of hydrogen-bond donors (Lipinski definition) is 1. The first kappa shape index (κ1) is 13.5. The number of carbonyl (C=O) groups is 2. The molecular weight excluding hydrogens is 246 g/mol. The molecule has 0 aromatic carbocycles. The summed E-state index contributed by atoms with van der Waals surface area (Å²) in [5.74, 6) is -0.842. The number of carboxylic acid groups (broad SMARTS) is 1. The molecule has 1 aliphatic rings. The third kappa shape index (κ3) is 2.89. The molecule has 2 atom stereocenters. The number of carbonyl (C=O) groups excluding carboxylic acids is 1. The van der Waals surface area contributed by atoms with Gasteiger partial charge in [-0.15, -0.1) is 0 Å². The van der Waals surface area contributed by atoms with Crippen LogP contribution in [-0.4, -0.2) is 44.7 Å². The number of amides is 1. The quantitative estimate of drug-likeness (QED) is 0.885. The van der Waals surface area contributed by atoms with Crippen molar-refractivity contribution in [1.29, 1.82) is 0 Å². The summed E-state index contributed by atoms with van der Waals surface area (Å²) >= 11 is 0. The maximum Gasteiger partial charge on any atom is 0.326 e. The van der Waals surface area contributed by atoms with Crippen LogP contribution < -0.4 is 0 Å². The lowest BCUT2D eigenvalue weighted by Gasteiger charge is -2.36. The van der Waals surface area contributed by atoms with E-state index >= 15 is 0 Å². The molecule has 6 heteroatoms. The van der Waals surface area contributed by atoms with Crippen LogP contribution in [-0.2, 0) is 4.79 Å². The predicted octanol–water partition coefficient (Wildman–Crippen LogP) is 1.19. The largest absolute Gasteiger partial charge is 0.480 e. The summed E-state index contributed by atoms with van der Waals surface area (Å²) in [4.78, 5) is 25.1. The summed E-state index contributed by atoms with van der Waals surface area (Å²) in [5.41, 5.74) is 0.385. The first-order valence-electron chi connectivity index (χ1n) is 6.44. The lowest BCUT2D eigenvalue weighted by atomic mass is 9.88. The molecule has 1 amide bonds.